The normalized spacial score (nSPS) is 9.18. The summed E-state index contributed by atoms with van der Waals surface area (Å²) >= 11 is 0. The molecule has 0 aliphatic rings. The van der Waals surface area contributed by atoms with E-state index in [-0.39, 0.29) is 11.1 Å². The van der Waals surface area contributed by atoms with Crippen molar-refractivity contribution in [2.75, 3.05) is 0 Å². The molecule has 0 aliphatic carbocycles. The lowest BCUT2D eigenvalue weighted by atomic mass is 10.2. The van der Waals surface area contributed by atoms with Gasteiger partial charge in [0.05, 0.1) is 0 Å². The Morgan fingerprint density at radius 1 is 1.64 bits per heavy atom. The van der Waals surface area contributed by atoms with Gasteiger partial charge in [-0.1, -0.05) is 0 Å². The molecule has 1 aromatic heterocycles. The average Bonchev–Trinajstić information content (AvgIpc) is 1.96. The van der Waals surface area contributed by atoms with Crippen LogP contribution in [-0.4, -0.2) is 4.57 Å². The van der Waals surface area contributed by atoms with E-state index in [1.54, 1.807) is 19.3 Å². The van der Waals surface area contributed by atoms with Crippen molar-refractivity contribution >= 4 is 0 Å². The van der Waals surface area contributed by atoms with Crippen LogP contribution in [-0.2, 0) is 7.05 Å². The van der Waals surface area contributed by atoms with Gasteiger partial charge in [-0.25, -0.2) is 0 Å². The van der Waals surface area contributed by atoms with Crippen LogP contribution < -0.4 is 5.56 Å². The first-order valence-electron chi connectivity index (χ1n) is 3.22. The van der Waals surface area contributed by atoms with Crippen molar-refractivity contribution in [1.82, 2.24) is 4.57 Å². The quantitative estimate of drug-likeness (QED) is 0.539. The van der Waals surface area contributed by atoms with Crippen LogP contribution in [0.2, 0.25) is 0 Å². The van der Waals surface area contributed by atoms with E-state index in [0.29, 0.717) is 0 Å². The zero-order chi connectivity index (χ0) is 8.43. The standard InChI is InChI=1S/C8H8N2O/c1-6-3-7(4-9)8(11)10(2)5-6/h3,5H,1-2H3. The van der Waals surface area contributed by atoms with Crippen LogP contribution in [0.5, 0.6) is 0 Å². The van der Waals surface area contributed by atoms with Crippen molar-refractivity contribution in [3.63, 3.8) is 0 Å². The molecule has 0 atom stereocenters. The van der Waals surface area contributed by atoms with Crippen molar-refractivity contribution in [1.29, 1.82) is 5.26 Å². The van der Waals surface area contributed by atoms with E-state index in [1.165, 1.54) is 4.57 Å². The highest BCUT2D eigenvalue weighted by Crippen LogP contribution is 1.95. The lowest BCUT2D eigenvalue weighted by Crippen LogP contribution is -2.18. The summed E-state index contributed by atoms with van der Waals surface area (Å²) in [5.41, 5.74) is 0.884. The molecule has 3 nitrogen and oxygen atoms in total. The third-order valence-corrected chi connectivity index (χ3v) is 1.44. The second-order valence-corrected chi connectivity index (χ2v) is 2.46. The molecule has 0 amide bonds. The number of hydrogen-bond acceptors (Lipinski definition) is 2. The molecule has 0 aromatic carbocycles. The maximum Gasteiger partial charge on any atom is 0.268 e. The SMILES string of the molecule is Cc1cc(C#N)c(=O)n(C)c1. The molecule has 0 radical (unpaired) electrons. The Labute approximate surface area is 64.5 Å². The van der Waals surface area contributed by atoms with E-state index < -0.39 is 0 Å². The van der Waals surface area contributed by atoms with Gasteiger partial charge >= 0.3 is 0 Å². The Morgan fingerprint density at radius 3 is 2.82 bits per heavy atom. The van der Waals surface area contributed by atoms with Crippen LogP contribution in [0.15, 0.2) is 17.1 Å². The number of nitrogens with zero attached hydrogens (tertiary/aromatic N) is 2. The Balaban J connectivity index is 3.52. The maximum atomic E-state index is 11.1. The molecule has 0 N–H and O–H groups in total. The molecule has 1 heterocycles. The van der Waals surface area contributed by atoms with E-state index in [9.17, 15) is 4.79 Å². The van der Waals surface area contributed by atoms with E-state index in [0.717, 1.165) is 5.56 Å². The van der Waals surface area contributed by atoms with Gasteiger partial charge in [-0.05, 0) is 18.6 Å². The first kappa shape index (κ1) is 7.55. The summed E-state index contributed by atoms with van der Waals surface area (Å²) in [6.07, 6.45) is 1.70. The van der Waals surface area contributed by atoms with Gasteiger partial charge < -0.3 is 4.57 Å². The minimum atomic E-state index is -0.238. The molecular weight excluding hydrogens is 140 g/mol. The van der Waals surface area contributed by atoms with Crippen LogP contribution >= 0.6 is 0 Å². The fourth-order valence-electron chi connectivity index (χ4n) is 0.961. The number of aromatic nitrogens is 1. The summed E-state index contributed by atoms with van der Waals surface area (Å²) in [4.78, 5) is 11.1. The predicted molar refractivity (Wildman–Crippen MR) is 41.1 cm³/mol. The van der Waals surface area contributed by atoms with Crippen molar-refractivity contribution in [2.45, 2.75) is 6.92 Å². The largest absolute Gasteiger partial charge is 0.317 e. The third-order valence-electron chi connectivity index (χ3n) is 1.44. The fraction of sp³-hybridized carbons (Fsp3) is 0.250. The van der Waals surface area contributed by atoms with E-state index in [1.807, 2.05) is 13.0 Å². The highest BCUT2D eigenvalue weighted by atomic mass is 16.1. The fourth-order valence-corrected chi connectivity index (χ4v) is 0.961. The smallest absolute Gasteiger partial charge is 0.268 e. The molecule has 0 unspecified atom stereocenters. The molecule has 56 valence electrons. The molecule has 3 heteroatoms. The average molecular weight is 148 g/mol. The van der Waals surface area contributed by atoms with Crippen molar-refractivity contribution < 1.29 is 0 Å². The first-order chi connectivity index (χ1) is 5.15. The topological polar surface area (TPSA) is 45.8 Å². The van der Waals surface area contributed by atoms with Gasteiger partial charge in [-0.2, -0.15) is 5.26 Å². The molecule has 0 saturated carbocycles. The molecule has 1 aromatic rings. The number of aryl methyl sites for hydroxylation is 2. The summed E-state index contributed by atoms with van der Waals surface area (Å²) in [5.74, 6) is 0. The van der Waals surface area contributed by atoms with Crippen molar-refractivity contribution in [3.8, 4) is 6.07 Å². The molecule has 11 heavy (non-hydrogen) atoms. The van der Waals surface area contributed by atoms with Gasteiger partial charge in [0.2, 0.25) is 0 Å². The van der Waals surface area contributed by atoms with E-state index in [2.05, 4.69) is 0 Å². The monoisotopic (exact) mass is 148 g/mol. The molecule has 0 fully saturated rings. The molecular formula is C8H8N2O. The zero-order valence-corrected chi connectivity index (χ0v) is 6.46. The van der Waals surface area contributed by atoms with Gasteiger partial charge in [0.1, 0.15) is 11.6 Å². The predicted octanol–water partition coefficient (Wildman–Crippen LogP) is 0.565. The van der Waals surface area contributed by atoms with Crippen LogP contribution in [0.25, 0.3) is 0 Å². The zero-order valence-electron chi connectivity index (χ0n) is 6.46. The van der Waals surface area contributed by atoms with Crippen LogP contribution in [0.4, 0.5) is 0 Å². The second kappa shape index (κ2) is 2.59. The Kier molecular flexibility index (Phi) is 1.77. The van der Waals surface area contributed by atoms with Gasteiger partial charge in [-0.3, -0.25) is 4.79 Å². The van der Waals surface area contributed by atoms with Gasteiger partial charge in [-0.15, -0.1) is 0 Å². The highest BCUT2D eigenvalue weighted by molar-refractivity contribution is 5.28. The summed E-state index contributed by atoms with van der Waals surface area (Å²) in [6, 6.07) is 3.43. The lowest BCUT2D eigenvalue weighted by Gasteiger charge is -1.98. The van der Waals surface area contributed by atoms with Crippen LogP contribution in [0.3, 0.4) is 0 Å². The lowest BCUT2D eigenvalue weighted by molar-refractivity contribution is 0.847. The molecule has 0 spiro atoms. The van der Waals surface area contributed by atoms with E-state index in [4.69, 9.17) is 5.26 Å². The van der Waals surface area contributed by atoms with Gasteiger partial charge in [0.15, 0.2) is 0 Å². The minimum absolute atomic E-state index is 0.201. The molecule has 0 saturated heterocycles. The number of nitriles is 1. The van der Waals surface area contributed by atoms with Gasteiger partial charge in [0.25, 0.3) is 5.56 Å². The number of rotatable bonds is 0. The third kappa shape index (κ3) is 1.30. The van der Waals surface area contributed by atoms with Crippen LogP contribution in [0.1, 0.15) is 11.1 Å². The van der Waals surface area contributed by atoms with Crippen LogP contribution in [0, 0.1) is 18.3 Å². The Bertz CT molecular complexity index is 371. The highest BCUT2D eigenvalue weighted by Gasteiger charge is 1.99. The number of pyridine rings is 1. The molecule has 0 bridgehead atoms. The van der Waals surface area contributed by atoms with Gasteiger partial charge in [0, 0.05) is 13.2 Å². The Morgan fingerprint density at radius 2 is 2.27 bits per heavy atom. The minimum Gasteiger partial charge on any atom is -0.317 e. The summed E-state index contributed by atoms with van der Waals surface area (Å²) in [7, 11) is 1.64. The van der Waals surface area contributed by atoms with Crippen molar-refractivity contribution in [3.05, 3.63) is 33.7 Å². The molecule has 1 rings (SSSR count). The maximum absolute atomic E-state index is 11.1. The summed E-state index contributed by atoms with van der Waals surface area (Å²) in [5, 5.41) is 8.50. The van der Waals surface area contributed by atoms with Crippen molar-refractivity contribution in [2.24, 2.45) is 7.05 Å². The molecule has 0 aliphatic heterocycles. The first-order valence-corrected chi connectivity index (χ1v) is 3.22. The Hall–Kier alpha value is -1.56. The number of hydrogen-bond donors (Lipinski definition) is 0. The summed E-state index contributed by atoms with van der Waals surface area (Å²) < 4.78 is 1.41. The van der Waals surface area contributed by atoms with E-state index >= 15 is 0 Å². The summed E-state index contributed by atoms with van der Waals surface area (Å²) in [6.45, 7) is 1.85. The second-order valence-electron chi connectivity index (χ2n) is 2.46.